The van der Waals surface area contributed by atoms with Crippen molar-refractivity contribution in [3.05, 3.63) is 53.8 Å². The summed E-state index contributed by atoms with van der Waals surface area (Å²) in [6, 6.07) is 7.93. The Kier molecular flexibility index (Phi) is 6.24. The van der Waals surface area contributed by atoms with Crippen LogP contribution >= 0.6 is 0 Å². The van der Waals surface area contributed by atoms with Crippen LogP contribution in [-0.2, 0) is 6.42 Å². The lowest BCUT2D eigenvalue weighted by Crippen LogP contribution is -2.45. The molecule has 3 aromatic heterocycles. The van der Waals surface area contributed by atoms with Crippen molar-refractivity contribution in [1.29, 1.82) is 0 Å². The topological polar surface area (TPSA) is 108 Å². The van der Waals surface area contributed by atoms with E-state index in [1.54, 1.807) is 25.3 Å². The van der Waals surface area contributed by atoms with Gasteiger partial charge in [0.25, 0.3) is 0 Å². The zero-order chi connectivity index (χ0) is 26.2. The third-order valence-electron chi connectivity index (χ3n) is 6.60. The molecule has 0 unspecified atom stereocenters. The number of halogens is 2. The van der Waals surface area contributed by atoms with Crippen LogP contribution < -0.4 is 15.0 Å². The minimum absolute atomic E-state index is 0.0349. The first-order chi connectivity index (χ1) is 18.4. The van der Waals surface area contributed by atoms with Crippen LogP contribution in [0, 0.1) is 11.6 Å². The molecule has 12 heteroatoms. The zero-order valence-corrected chi connectivity index (χ0v) is 21.0. The molecule has 5 heterocycles. The number of aromatic amines is 1. The molecule has 38 heavy (non-hydrogen) atoms. The lowest BCUT2D eigenvalue weighted by molar-refractivity contribution is 0.310. The maximum Gasteiger partial charge on any atom is 0.230 e. The molecule has 1 fully saturated rings. The van der Waals surface area contributed by atoms with Crippen molar-refractivity contribution in [3.8, 4) is 23.1 Å². The summed E-state index contributed by atoms with van der Waals surface area (Å²) < 4.78 is 41.5. The van der Waals surface area contributed by atoms with E-state index in [0.29, 0.717) is 55.0 Å². The van der Waals surface area contributed by atoms with E-state index in [0.717, 1.165) is 24.9 Å². The van der Waals surface area contributed by atoms with Gasteiger partial charge in [-0.3, -0.25) is 10.1 Å². The van der Waals surface area contributed by atoms with Gasteiger partial charge in [-0.15, -0.1) is 0 Å². The standard InChI is InChI=1S/C26H26F2N8O2/c1-15-5-6-16-24(28)20(12-17(27)25(16)29-15)38-23-14-21(31-26(32-23)36-9-7-35(2)8-10-36)30-22-13-18(33-34-22)19-4-3-11-37-19/h3-4,11-14H,5-10H2,1-2H3,(H2,30,31,32,33,34). The molecule has 196 valence electrons. The Morgan fingerprint density at radius 2 is 1.89 bits per heavy atom. The molecule has 4 aromatic rings. The number of aromatic nitrogens is 4. The monoisotopic (exact) mass is 520 g/mol. The third kappa shape index (κ3) is 4.82. The first kappa shape index (κ1) is 24.0. The van der Waals surface area contributed by atoms with Crippen LogP contribution in [0.15, 0.2) is 46.0 Å². The minimum Gasteiger partial charge on any atom is -0.463 e. The number of H-pyrrole nitrogens is 1. The number of likely N-dealkylation sites (N-methyl/N-ethyl adjacent to an activating group) is 1. The highest BCUT2D eigenvalue weighted by molar-refractivity contribution is 5.87. The van der Waals surface area contributed by atoms with E-state index in [1.165, 1.54) is 6.07 Å². The van der Waals surface area contributed by atoms with Gasteiger partial charge in [0.05, 0.1) is 6.26 Å². The van der Waals surface area contributed by atoms with Crippen LogP contribution in [0.5, 0.6) is 11.6 Å². The molecule has 0 bridgehead atoms. The van der Waals surface area contributed by atoms with Gasteiger partial charge < -0.3 is 24.3 Å². The van der Waals surface area contributed by atoms with E-state index in [4.69, 9.17) is 9.15 Å². The Morgan fingerprint density at radius 3 is 2.68 bits per heavy atom. The smallest absolute Gasteiger partial charge is 0.230 e. The summed E-state index contributed by atoms with van der Waals surface area (Å²) in [5.41, 5.74) is 1.69. The number of fused-ring (bicyclic) bond motifs is 1. The molecule has 2 N–H and O–H groups in total. The molecule has 2 aliphatic heterocycles. The maximum absolute atomic E-state index is 15.4. The van der Waals surface area contributed by atoms with Crippen molar-refractivity contribution in [3.63, 3.8) is 0 Å². The number of aliphatic imine (C=N–C) groups is 1. The Morgan fingerprint density at radius 1 is 1.05 bits per heavy atom. The van der Waals surface area contributed by atoms with Crippen molar-refractivity contribution in [2.24, 2.45) is 4.99 Å². The number of hydrogen-bond donors (Lipinski definition) is 2. The molecule has 0 amide bonds. The maximum atomic E-state index is 15.4. The van der Waals surface area contributed by atoms with Gasteiger partial charge in [-0.1, -0.05) is 0 Å². The van der Waals surface area contributed by atoms with Crippen molar-refractivity contribution in [2.45, 2.75) is 19.8 Å². The van der Waals surface area contributed by atoms with Gasteiger partial charge >= 0.3 is 0 Å². The Hall–Kier alpha value is -4.32. The van der Waals surface area contributed by atoms with Crippen molar-refractivity contribution < 1.29 is 17.9 Å². The fraction of sp³-hybridized carbons (Fsp3) is 0.308. The molecular weight excluding hydrogens is 494 g/mol. The van der Waals surface area contributed by atoms with Gasteiger partial charge in [-0.2, -0.15) is 15.1 Å². The Bertz CT molecular complexity index is 1490. The van der Waals surface area contributed by atoms with Gasteiger partial charge in [0.1, 0.15) is 17.2 Å². The van der Waals surface area contributed by atoms with E-state index >= 15 is 4.39 Å². The Labute approximate surface area is 217 Å². The highest BCUT2D eigenvalue weighted by Gasteiger charge is 2.24. The van der Waals surface area contributed by atoms with Gasteiger partial charge in [0, 0.05) is 55.7 Å². The summed E-state index contributed by atoms with van der Waals surface area (Å²) >= 11 is 0. The first-order valence-corrected chi connectivity index (χ1v) is 12.3. The lowest BCUT2D eigenvalue weighted by atomic mass is 10.0. The van der Waals surface area contributed by atoms with Gasteiger partial charge in [0.15, 0.2) is 29.0 Å². The number of benzene rings is 1. The number of piperazine rings is 1. The molecule has 0 radical (unpaired) electrons. The van der Waals surface area contributed by atoms with Crippen LogP contribution in [0.25, 0.3) is 11.5 Å². The molecular formula is C26H26F2N8O2. The second-order valence-electron chi connectivity index (χ2n) is 9.40. The average Bonchev–Trinajstić information content (AvgIpc) is 3.60. The summed E-state index contributed by atoms with van der Waals surface area (Å²) in [4.78, 5) is 17.6. The Balaban J connectivity index is 1.33. The van der Waals surface area contributed by atoms with Crippen LogP contribution in [0.2, 0.25) is 0 Å². The van der Waals surface area contributed by atoms with Crippen LogP contribution in [0.1, 0.15) is 18.9 Å². The van der Waals surface area contributed by atoms with Crippen molar-refractivity contribution in [2.75, 3.05) is 43.4 Å². The summed E-state index contributed by atoms with van der Waals surface area (Å²) in [6.45, 7) is 4.91. The molecule has 0 saturated carbocycles. The fourth-order valence-corrected chi connectivity index (χ4v) is 4.48. The third-order valence-corrected chi connectivity index (χ3v) is 6.60. The molecule has 0 atom stereocenters. The normalized spacial score (nSPS) is 15.8. The summed E-state index contributed by atoms with van der Waals surface area (Å²) in [6.07, 6.45) is 2.49. The van der Waals surface area contributed by atoms with E-state index in [1.807, 2.05) is 11.0 Å². The molecule has 1 saturated heterocycles. The number of ether oxygens (including phenoxy) is 1. The molecule has 0 aliphatic carbocycles. The largest absolute Gasteiger partial charge is 0.463 e. The lowest BCUT2D eigenvalue weighted by Gasteiger charge is -2.32. The van der Waals surface area contributed by atoms with Gasteiger partial charge in [0.2, 0.25) is 11.8 Å². The number of rotatable bonds is 6. The molecule has 6 rings (SSSR count). The van der Waals surface area contributed by atoms with E-state index < -0.39 is 11.6 Å². The molecule has 2 aliphatic rings. The zero-order valence-electron chi connectivity index (χ0n) is 21.0. The number of furan rings is 1. The minimum atomic E-state index is -0.637. The molecule has 10 nitrogen and oxygen atoms in total. The molecule has 0 spiro atoms. The predicted octanol–water partition coefficient (Wildman–Crippen LogP) is 5.06. The number of nitrogens with zero attached hydrogens (tertiary/aromatic N) is 6. The second kappa shape index (κ2) is 9.86. The summed E-state index contributed by atoms with van der Waals surface area (Å²) in [5.74, 6) is 0.493. The highest BCUT2D eigenvalue weighted by Crippen LogP contribution is 2.38. The van der Waals surface area contributed by atoms with E-state index in [9.17, 15) is 4.39 Å². The average molecular weight is 521 g/mol. The van der Waals surface area contributed by atoms with Crippen LogP contribution in [-0.4, -0.2) is 64.0 Å². The van der Waals surface area contributed by atoms with E-state index in [2.05, 4.69) is 42.4 Å². The SMILES string of the molecule is CC1=Nc2c(F)cc(Oc3cc(Nc4cc(-c5ccco5)[nH]n4)nc(N4CCN(C)CC4)n3)c(F)c2CC1. The van der Waals surface area contributed by atoms with Crippen molar-refractivity contribution in [1.82, 2.24) is 25.1 Å². The van der Waals surface area contributed by atoms with Crippen molar-refractivity contribution >= 4 is 29.0 Å². The summed E-state index contributed by atoms with van der Waals surface area (Å²) in [7, 11) is 2.05. The number of anilines is 3. The number of nitrogens with one attached hydrogen (secondary N) is 2. The quantitative estimate of drug-likeness (QED) is 0.363. The number of hydrogen-bond acceptors (Lipinski definition) is 9. The fourth-order valence-electron chi connectivity index (χ4n) is 4.48. The van der Waals surface area contributed by atoms with E-state index in [-0.39, 0.29) is 22.9 Å². The van der Waals surface area contributed by atoms with Gasteiger partial charge in [-0.25, -0.2) is 8.78 Å². The first-order valence-electron chi connectivity index (χ1n) is 12.3. The summed E-state index contributed by atoms with van der Waals surface area (Å²) in [5, 5.41) is 10.3. The molecule has 1 aromatic carbocycles. The predicted molar refractivity (Wildman–Crippen MR) is 139 cm³/mol. The van der Waals surface area contributed by atoms with Gasteiger partial charge in [-0.05, 0) is 38.9 Å². The highest BCUT2D eigenvalue weighted by atomic mass is 19.1. The van der Waals surface area contributed by atoms with Crippen LogP contribution in [0.3, 0.4) is 0 Å². The van der Waals surface area contributed by atoms with Crippen LogP contribution in [0.4, 0.5) is 32.1 Å². The second-order valence-corrected chi connectivity index (χ2v) is 9.40.